The maximum atomic E-state index is 13.6. The van der Waals surface area contributed by atoms with Gasteiger partial charge in [0.05, 0.1) is 24.2 Å². The van der Waals surface area contributed by atoms with Crippen molar-refractivity contribution in [2.45, 2.75) is 44.6 Å². The molecular weight excluding hydrogens is 653 g/mol. The van der Waals surface area contributed by atoms with Gasteiger partial charge in [0, 0.05) is 20.4 Å². The number of nitrogens with zero attached hydrogens (tertiary/aromatic N) is 3. The Hall–Kier alpha value is -2.75. The summed E-state index contributed by atoms with van der Waals surface area (Å²) in [6, 6.07) is 13.4. The maximum absolute atomic E-state index is 13.6. The molecule has 0 aliphatic heterocycles. The second kappa shape index (κ2) is 12.2. The lowest BCUT2D eigenvalue weighted by Gasteiger charge is -2.22. The lowest BCUT2D eigenvalue weighted by Crippen LogP contribution is -2.25. The summed E-state index contributed by atoms with van der Waals surface area (Å²) >= 11 is 13.7. The summed E-state index contributed by atoms with van der Waals surface area (Å²) in [5, 5.41) is 5.37. The van der Waals surface area contributed by atoms with Gasteiger partial charge in [-0.3, -0.25) is 4.79 Å². The fourth-order valence-electron chi connectivity index (χ4n) is 4.79. The molecule has 0 N–H and O–H groups in total. The van der Waals surface area contributed by atoms with Gasteiger partial charge in [-0.1, -0.05) is 58.9 Å². The Morgan fingerprint density at radius 2 is 1.95 bits per heavy atom. The van der Waals surface area contributed by atoms with Gasteiger partial charge in [-0.15, -0.1) is 0 Å². The van der Waals surface area contributed by atoms with Gasteiger partial charge in [0.25, 0.3) is 5.56 Å². The van der Waals surface area contributed by atoms with Gasteiger partial charge in [-0.2, -0.15) is 9.78 Å². The molecule has 0 unspecified atom stereocenters. The smallest absolute Gasteiger partial charge is 0.282 e. The van der Waals surface area contributed by atoms with Crippen molar-refractivity contribution in [3.05, 3.63) is 95.6 Å². The summed E-state index contributed by atoms with van der Waals surface area (Å²) in [6.07, 6.45) is 6.86. The van der Waals surface area contributed by atoms with Crippen molar-refractivity contribution in [2.24, 2.45) is 5.10 Å². The lowest BCUT2D eigenvalue weighted by molar-refractivity contribution is 0.284. The molecule has 1 heterocycles. The van der Waals surface area contributed by atoms with E-state index in [-0.39, 0.29) is 28.9 Å². The third-order valence-corrected chi connectivity index (χ3v) is 8.70. The quantitative estimate of drug-likeness (QED) is 0.185. The normalized spacial score (nSPS) is 14.3. The number of benzene rings is 3. The molecule has 0 atom stereocenters. The van der Waals surface area contributed by atoms with Gasteiger partial charge < -0.3 is 9.47 Å². The minimum absolute atomic E-state index is 0.103. The number of methoxy groups -OCH3 is 1. The number of rotatable bonds is 7. The van der Waals surface area contributed by atoms with E-state index in [4.69, 9.17) is 26.1 Å². The molecule has 10 heteroatoms. The molecule has 4 aromatic rings. The summed E-state index contributed by atoms with van der Waals surface area (Å²) in [6.45, 7) is 0.103. The van der Waals surface area contributed by atoms with Crippen molar-refractivity contribution in [1.29, 1.82) is 0 Å². The maximum Gasteiger partial charge on any atom is 0.282 e. The summed E-state index contributed by atoms with van der Waals surface area (Å²) in [5.41, 5.74) is 1.66. The Morgan fingerprint density at radius 3 is 2.69 bits per heavy atom. The fourth-order valence-corrected chi connectivity index (χ4v) is 5.80. The number of ether oxygens (including phenoxy) is 2. The standard InChI is InChI=1S/C29H25Br2ClFN3O3/c1-38-24-13-19(25(31)26(32)27(24)39-16-17-6-5-9-21(33)12-17)15-34-36-28(18-7-3-2-4-8-18)35-23-11-10-20(30)14-22(23)29(36)37/h5-6,9-15,18H,2-4,7-8,16H2,1H3. The molecular formula is C29H25Br2ClFN3O3. The van der Waals surface area contributed by atoms with Crippen LogP contribution in [-0.4, -0.2) is 23.0 Å². The molecule has 0 radical (unpaired) electrons. The van der Waals surface area contributed by atoms with E-state index in [1.807, 2.05) is 12.1 Å². The SMILES string of the molecule is COc1cc(C=Nn2c(C3CCCCC3)nc3ccc(Br)cc3c2=O)c(Br)c(Cl)c1OCc1cccc(F)c1. The average molecular weight is 678 g/mol. The van der Waals surface area contributed by atoms with Crippen LogP contribution < -0.4 is 15.0 Å². The van der Waals surface area contributed by atoms with Gasteiger partial charge in [0.15, 0.2) is 11.5 Å². The molecule has 1 fully saturated rings. The van der Waals surface area contributed by atoms with E-state index in [0.717, 1.165) is 30.2 Å². The molecule has 1 aliphatic carbocycles. The first-order valence-electron chi connectivity index (χ1n) is 12.6. The molecule has 5 rings (SSSR count). The van der Waals surface area contributed by atoms with Gasteiger partial charge in [-0.25, -0.2) is 9.37 Å². The predicted molar refractivity (Wildman–Crippen MR) is 159 cm³/mol. The van der Waals surface area contributed by atoms with Crippen molar-refractivity contribution >= 4 is 60.6 Å². The lowest BCUT2D eigenvalue weighted by atomic mass is 9.88. The van der Waals surface area contributed by atoms with Crippen LogP contribution in [0.3, 0.4) is 0 Å². The van der Waals surface area contributed by atoms with Crippen LogP contribution in [0.25, 0.3) is 10.9 Å². The summed E-state index contributed by atoms with van der Waals surface area (Å²) < 4.78 is 27.8. The Labute approximate surface area is 247 Å². The zero-order chi connectivity index (χ0) is 27.5. The van der Waals surface area contributed by atoms with Crippen molar-refractivity contribution in [2.75, 3.05) is 7.11 Å². The highest BCUT2D eigenvalue weighted by molar-refractivity contribution is 9.10. The van der Waals surface area contributed by atoms with E-state index < -0.39 is 0 Å². The number of halogens is 4. The van der Waals surface area contributed by atoms with E-state index in [1.165, 1.54) is 30.3 Å². The van der Waals surface area contributed by atoms with Crippen LogP contribution in [0.2, 0.25) is 5.02 Å². The molecule has 6 nitrogen and oxygen atoms in total. The van der Waals surface area contributed by atoms with E-state index in [2.05, 4.69) is 37.0 Å². The van der Waals surface area contributed by atoms with E-state index >= 15 is 0 Å². The van der Waals surface area contributed by atoms with Crippen LogP contribution in [0.5, 0.6) is 11.5 Å². The first-order chi connectivity index (χ1) is 18.9. The predicted octanol–water partition coefficient (Wildman–Crippen LogP) is 8.23. The summed E-state index contributed by atoms with van der Waals surface area (Å²) in [5.74, 6) is 1.15. The van der Waals surface area contributed by atoms with E-state index in [1.54, 1.807) is 30.5 Å². The summed E-state index contributed by atoms with van der Waals surface area (Å²) in [4.78, 5) is 18.5. The average Bonchev–Trinajstić information content (AvgIpc) is 2.94. The molecule has 1 aliphatic rings. The van der Waals surface area contributed by atoms with E-state index in [9.17, 15) is 9.18 Å². The zero-order valence-corrected chi connectivity index (χ0v) is 25.0. The summed E-state index contributed by atoms with van der Waals surface area (Å²) in [7, 11) is 1.51. The molecule has 0 spiro atoms. The van der Waals surface area contributed by atoms with Crippen molar-refractivity contribution in [3.8, 4) is 11.5 Å². The van der Waals surface area contributed by atoms with Gasteiger partial charge in [0.1, 0.15) is 23.3 Å². The Balaban J connectivity index is 1.54. The molecule has 39 heavy (non-hydrogen) atoms. The first kappa shape index (κ1) is 27.8. The molecule has 0 saturated heterocycles. The minimum Gasteiger partial charge on any atom is -0.493 e. The Morgan fingerprint density at radius 1 is 1.15 bits per heavy atom. The molecule has 1 aromatic heterocycles. The van der Waals surface area contributed by atoms with Gasteiger partial charge in [0.2, 0.25) is 0 Å². The number of hydrogen-bond acceptors (Lipinski definition) is 5. The number of fused-ring (bicyclic) bond motifs is 1. The molecule has 3 aromatic carbocycles. The van der Waals surface area contributed by atoms with Crippen molar-refractivity contribution < 1.29 is 13.9 Å². The number of aromatic nitrogens is 2. The third-order valence-electron chi connectivity index (χ3n) is 6.76. The van der Waals surface area contributed by atoms with Crippen LogP contribution in [-0.2, 0) is 6.61 Å². The molecule has 0 amide bonds. The van der Waals surface area contributed by atoms with Crippen LogP contribution in [0.4, 0.5) is 4.39 Å². The van der Waals surface area contributed by atoms with Crippen molar-refractivity contribution in [3.63, 3.8) is 0 Å². The minimum atomic E-state index is -0.347. The fraction of sp³-hybridized carbons (Fsp3) is 0.276. The first-order valence-corrected chi connectivity index (χ1v) is 14.5. The Kier molecular flexibility index (Phi) is 8.69. The zero-order valence-electron chi connectivity index (χ0n) is 21.1. The highest BCUT2D eigenvalue weighted by Crippen LogP contribution is 2.42. The molecule has 1 saturated carbocycles. The highest BCUT2D eigenvalue weighted by atomic mass is 79.9. The van der Waals surface area contributed by atoms with Crippen molar-refractivity contribution in [1.82, 2.24) is 9.66 Å². The largest absolute Gasteiger partial charge is 0.493 e. The van der Waals surface area contributed by atoms with Gasteiger partial charge in [-0.05, 0) is 70.7 Å². The van der Waals surface area contributed by atoms with Crippen LogP contribution in [0.15, 0.2) is 67.4 Å². The topological polar surface area (TPSA) is 65.7 Å². The van der Waals surface area contributed by atoms with Crippen LogP contribution in [0.1, 0.15) is 55.0 Å². The second-order valence-corrected chi connectivity index (χ2v) is 11.5. The van der Waals surface area contributed by atoms with Crippen LogP contribution >= 0.6 is 43.5 Å². The third kappa shape index (κ3) is 6.05. The van der Waals surface area contributed by atoms with Gasteiger partial charge >= 0.3 is 0 Å². The van der Waals surface area contributed by atoms with E-state index in [0.29, 0.717) is 43.8 Å². The Bertz CT molecular complexity index is 1620. The number of hydrogen-bond donors (Lipinski definition) is 0. The monoisotopic (exact) mass is 675 g/mol. The molecule has 0 bridgehead atoms. The highest BCUT2D eigenvalue weighted by Gasteiger charge is 2.23. The second-order valence-electron chi connectivity index (χ2n) is 9.37. The van der Waals surface area contributed by atoms with Crippen LogP contribution in [0, 0.1) is 5.82 Å². The molecule has 202 valence electrons.